The van der Waals surface area contributed by atoms with Crippen LogP contribution in [0.1, 0.15) is 40.2 Å². The number of carbonyl (C=O) groups is 1. The molecule has 1 amide bonds. The fourth-order valence-electron chi connectivity index (χ4n) is 3.27. The van der Waals surface area contributed by atoms with Crippen molar-refractivity contribution in [3.05, 3.63) is 53.7 Å². The van der Waals surface area contributed by atoms with Gasteiger partial charge in [-0.2, -0.15) is 0 Å². The van der Waals surface area contributed by atoms with Crippen molar-refractivity contribution in [1.29, 1.82) is 0 Å². The number of aromatic nitrogens is 2. The Morgan fingerprint density at radius 1 is 1.00 bits per heavy atom. The van der Waals surface area contributed by atoms with Crippen LogP contribution in [0.25, 0.3) is 11.3 Å². The fourth-order valence-corrected chi connectivity index (χ4v) is 3.27. The number of benzene rings is 1. The summed E-state index contributed by atoms with van der Waals surface area (Å²) in [6.07, 6.45) is 3.52. The average molecular weight is 379 g/mol. The van der Waals surface area contributed by atoms with E-state index in [9.17, 15) is 4.79 Å². The number of anilines is 1. The van der Waals surface area contributed by atoms with Gasteiger partial charge in [-0.15, -0.1) is 0 Å². The van der Waals surface area contributed by atoms with E-state index in [-0.39, 0.29) is 11.3 Å². The Bertz CT molecular complexity index is 853. The van der Waals surface area contributed by atoms with Crippen molar-refractivity contribution in [3.63, 3.8) is 0 Å². The Labute approximate surface area is 168 Å². The molecule has 1 aliphatic heterocycles. The lowest BCUT2D eigenvalue weighted by Crippen LogP contribution is -2.48. The van der Waals surface area contributed by atoms with Gasteiger partial charge in [0.15, 0.2) is 0 Å². The van der Waals surface area contributed by atoms with Gasteiger partial charge in [-0.3, -0.25) is 4.79 Å². The SMILES string of the molecule is CC(C)=CC(=O)N1CCN(c2nccc(-c3ccc(C(C)(C)C)cc3)n2)CC1. The van der Waals surface area contributed by atoms with Crippen molar-refractivity contribution < 1.29 is 4.79 Å². The second kappa shape index (κ2) is 8.13. The van der Waals surface area contributed by atoms with E-state index in [0.29, 0.717) is 13.1 Å². The highest BCUT2D eigenvalue weighted by atomic mass is 16.2. The molecule has 0 spiro atoms. The quantitative estimate of drug-likeness (QED) is 0.756. The molecule has 5 heteroatoms. The molecule has 0 radical (unpaired) electrons. The maximum atomic E-state index is 12.2. The van der Waals surface area contributed by atoms with Gasteiger partial charge in [0.1, 0.15) is 0 Å². The summed E-state index contributed by atoms with van der Waals surface area (Å²) >= 11 is 0. The van der Waals surface area contributed by atoms with Crippen molar-refractivity contribution in [3.8, 4) is 11.3 Å². The Kier molecular flexibility index (Phi) is 5.82. The Hall–Kier alpha value is -2.69. The molecule has 0 atom stereocenters. The lowest BCUT2D eigenvalue weighted by molar-refractivity contribution is -0.126. The maximum absolute atomic E-state index is 12.2. The van der Waals surface area contributed by atoms with Crippen LogP contribution in [0, 0.1) is 0 Å². The second-order valence-electron chi connectivity index (χ2n) is 8.60. The number of hydrogen-bond acceptors (Lipinski definition) is 4. The summed E-state index contributed by atoms with van der Waals surface area (Å²) in [6, 6.07) is 10.5. The average Bonchev–Trinajstić information content (AvgIpc) is 2.67. The van der Waals surface area contributed by atoms with Gasteiger partial charge in [0.25, 0.3) is 0 Å². The van der Waals surface area contributed by atoms with Crippen molar-refractivity contribution in [2.45, 2.75) is 40.0 Å². The smallest absolute Gasteiger partial charge is 0.246 e. The van der Waals surface area contributed by atoms with E-state index in [2.05, 4.69) is 54.9 Å². The zero-order valence-corrected chi connectivity index (χ0v) is 17.6. The molecule has 0 unspecified atom stereocenters. The molecule has 5 nitrogen and oxygen atoms in total. The van der Waals surface area contributed by atoms with Gasteiger partial charge in [-0.05, 0) is 30.9 Å². The molecule has 0 saturated carbocycles. The number of nitrogens with zero attached hydrogens (tertiary/aromatic N) is 4. The van der Waals surface area contributed by atoms with E-state index in [4.69, 9.17) is 4.98 Å². The third-order valence-electron chi connectivity index (χ3n) is 4.98. The van der Waals surface area contributed by atoms with E-state index < -0.39 is 0 Å². The van der Waals surface area contributed by atoms with Crippen LogP contribution in [-0.4, -0.2) is 47.0 Å². The first-order valence-corrected chi connectivity index (χ1v) is 9.87. The van der Waals surface area contributed by atoms with Crippen LogP contribution in [0.15, 0.2) is 48.2 Å². The van der Waals surface area contributed by atoms with E-state index in [1.807, 2.05) is 31.0 Å². The minimum atomic E-state index is 0.0910. The molecule has 0 N–H and O–H groups in total. The molecular weight excluding hydrogens is 348 g/mol. The Morgan fingerprint density at radius 3 is 2.21 bits per heavy atom. The van der Waals surface area contributed by atoms with Gasteiger partial charge >= 0.3 is 0 Å². The van der Waals surface area contributed by atoms with E-state index in [0.717, 1.165) is 35.9 Å². The molecule has 0 aliphatic carbocycles. The van der Waals surface area contributed by atoms with Crippen LogP contribution in [0.3, 0.4) is 0 Å². The maximum Gasteiger partial charge on any atom is 0.246 e. The molecule has 1 saturated heterocycles. The van der Waals surface area contributed by atoms with Crippen LogP contribution in [0.4, 0.5) is 5.95 Å². The number of hydrogen-bond donors (Lipinski definition) is 0. The summed E-state index contributed by atoms with van der Waals surface area (Å²) < 4.78 is 0. The summed E-state index contributed by atoms with van der Waals surface area (Å²) in [6.45, 7) is 13.4. The summed E-state index contributed by atoms with van der Waals surface area (Å²) in [4.78, 5) is 25.5. The van der Waals surface area contributed by atoms with E-state index in [1.54, 1.807) is 6.08 Å². The molecule has 28 heavy (non-hydrogen) atoms. The largest absolute Gasteiger partial charge is 0.337 e. The highest BCUT2D eigenvalue weighted by Crippen LogP contribution is 2.26. The standard InChI is InChI=1S/C23H30N4O/c1-17(2)16-21(28)26-12-14-27(15-13-26)22-24-11-10-20(25-22)18-6-8-19(9-7-18)23(3,4)5/h6-11,16H,12-15H2,1-5H3. The predicted molar refractivity (Wildman–Crippen MR) is 114 cm³/mol. The molecule has 1 aromatic carbocycles. The number of amides is 1. The van der Waals surface area contributed by atoms with Crippen LogP contribution in [0.2, 0.25) is 0 Å². The van der Waals surface area contributed by atoms with Crippen LogP contribution in [-0.2, 0) is 10.2 Å². The Balaban J connectivity index is 1.71. The van der Waals surface area contributed by atoms with E-state index >= 15 is 0 Å². The molecule has 1 fully saturated rings. The lowest BCUT2D eigenvalue weighted by Gasteiger charge is -2.34. The monoisotopic (exact) mass is 378 g/mol. The van der Waals surface area contributed by atoms with Gasteiger partial charge in [0.2, 0.25) is 11.9 Å². The Morgan fingerprint density at radius 2 is 1.64 bits per heavy atom. The summed E-state index contributed by atoms with van der Waals surface area (Å²) in [5.74, 6) is 0.819. The number of carbonyl (C=O) groups excluding carboxylic acids is 1. The van der Waals surface area contributed by atoms with Crippen molar-refractivity contribution in [2.24, 2.45) is 0 Å². The molecule has 0 bridgehead atoms. The van der Waals surface area contributed by atoms with Crippen molar-refractivity contribution in [1.82, 2.24) is 14.9 Å². The first kappa shape index (κ1) is 20.1. The minimum Gasteiger partial charge on any atom is -0.337 e. The van der Waals surface area contributed by atoms with Crippen LogP contribution < -0.4 is 4.90 Å². The molecule has 148 valence electrons. The van der Waals surface area contributed by atoms with Gasteiger partial charge in [0.05, 0.1) is 5.69 Å². The normalized spacial score (nSPS) is 14.8. The van der Waals surface area contributed by atoms with Crippen LogP contribution >= 0.6 is 0 Å². The second-order valence-corrected chi connectivity index (χ2v) is 8.60. The predicted octanol–water partition coefficient (Wildman–Crippen LogP) is 4.06. The molecule has 3 rings (SSSR count). The number of rotatable bonds is 3. The zero-order chi connectivity index (χ0) is 20.3. The lowest BCUT2D eigenvalue weighted by atomic mass is 9.86. The minimum absolute atomic E-state index is 0.0910. The van der Waals surface area contributed by atoms with Crippen molar-refractivity contribution in [2.75, 3.05) is 31.1 Å². The molecule has 1 aromatic heterocycles. The van der Waals surface area contributed by atoms with E-state index in [1.165, 1.54) is 5.56 Å². The third kappa shape index (κ3) is 4.77. The highest BCUT2D eigenvalue weighted by molar-refractivity contribution is 5.88. The zero-order valence-electron chi connectivity index (χ0n) is 17.6. The molecule has 2 heterocycles. The summed E-state index contributed by atoms with van der Waals surface area (Å²) in [5.41, 5.74) is 4.49. The van der Waals surface area contributed by atoms with Gasteiger partial charge in [0, 0.05) is 44.0 Å². The topological polar surface area (TPSA) is 49.3 Å². The third-order valence-corrected chi connectivity index (χ3v) is 4.98. The molecular formula is C23H30N4O. The highest BCUT2D eigenvalue weighted by Gasteiger charge is 2.22. The number of piperazine rings is 1. The fraction of sp³-hybridized carbons (Fsp3) is 0.435. The van der Waals surface area contributed by atoms with Crippen molar-refractivity contribution >= 4 is 11.9 Å². The van der Waals surface area contributed by atoms with Crippen LogP contribution in [0.5, 0.6) is 0 Å². The first-order chi connectivity index (χ1) is 13.2. The summed E-state index contributed by atoms with van der Waals surface area (Å²) in [5, 5.41) is 0. The first-order valence-electron chi connectivity index (χ1n) is 9.87. The molecule has 1 aliphatic rings. The number of allylic oxidation sites excluding steroid dienone is 1. The van der Waals surface area contributed by atoms with Gasteiger partial charge < -0.3 is 9.80 Å². The van der Waals surface area contributed by atoms with Gasteiger partial charge in [-0.25, -0.2) is 9.97 Å². The molecule has 2 aromatic rings. The summed E-state index contributed by atoms with van der Waals surface area (Å²) in [7, 11) is 0. The van der Waals surface area contributed by atoms with Gasteiger partial charge in [-0.1, -0.05) is 50.6 Å².